The fourth-order valence-electron chi connectivity index (χ4n) is 5.94. The molecule has 260 valence electrons. The molecule has 4 bridgehead atoms. The number of rotatable bonds is 8. The molecule has 2 atom stereocenters. The number of fused-ring (bicyclic) bond motifs is 4. The quantitative estimate of drug-likeness (QED) is 0.247. The molecule has 1 aliphatic rings. The maximum atomic E-state index is 14.5. The lowest BCUT2D eigenvalue weighted by atomic mass is 9.87. The van der Waals surface area contributed by atoms with E-state index in [1.807, 2.05) is 57.0 Å². The van der Waals surface area contributed by atoms with Crippen LogP contribution in [0.1, 0.15) is 61.4 Å². The largest absolute Gasteiger partial charge is 0.475 e. The molecule has 5 rings (SSSR count). The highest BCUT2D eigenvalue weighted by Gasteiger charge is 2.32. The summed E-state index contributed by atoms with van der Waals surface area (Å²) in [5.74, 6) is 0.779. The minimum Gasteiger partial charge on any atom is -0.475 e. The summed E-state index contributed by atoms with van der Waals surface area (Å²) in [5, 5.41) is 0. The summed E-state index contributed by atoms with van der Waals surface area (Å²) in [5.41, 5.74) is 3.29. The van der Waals surface area contributed by atoms with Crippen LogP contribution in [0.3, 0.4) is 0 Å². The first kappa shape index (κ1) is 35.7. The maximum absolute atomic E-state index is 14.5. The van der Waals surface area contributed by atoms with E-state index in [1.165, 1.54) is 12.1 Å². The maximum Gasteiger partial charge on any atom is 0.264 e. The number of aromatic nitrogens is 4. The number of nitrogens with one attached hydrogen (secondary N) is 1. The lowest BCUT2D eigenvalue weighted by Crippen LogP contribution is -2.45. The monoisotopic (exact) mass is 687 g/mol. The molecular weight excluding hydrogens is 643 g/mol. The Balaban J connectivity index is 1.64. The van der Waals surface area contributed by atoms with E-state index in [2.05, 4.69) is 40.4 Å². The van der Waals surface area contributed by atoms with Crippen LogP contribution in [0.25, 0.3) is 11.3 Å². The van der Waals surface area contributed by atoms with Crippen molar-refractivity contribution in [2.75, 3.05) is 37.0 Å². The number of likely N-dealkylation sites (N-methyl/N-ethyl adjacent to an activating group) is 1. The van der Waals surface area contributed by atoms with Gasteiger partial charge in [0.05, 0.1) is 35.8 Å². The average molecular weight is 688 g/mol. The molecule has 13 heteroatoms. The van der Waals surface area contributed by atoms with E-state index in [1.54, 1.807) is 36.4 Å². The molecule has 0 saturated heterocycles. The molecule has 49 heavy (non-hydrogen) atoms. The van der Waals surface area contributed by atoms with Crippen molar-refractivity contribution < 1.29 is 22.7 Å². The van der Waals surface area contributed by atoms with Crippen molar-refractivity contribution in [2.45, 2.75) is 71.5 Å². The predicted molar refractivity (Wildman–Crippen MR) is 189 cm³/mol. The number of methoxy groups -OCH3 is 1. The number of amides is 1. The molecule has 0 fully saturated rings. The number of hydrogen-bond donors (Lipinski definition) is 1. The molecule has 1 amide bonds. The fraction of sp³-hybridized carbons (Fsp3) is 0.417. The summed E-state index contributed by atoms with van der Waals surface area (Å²) in [4.78, 5) is 36.5. The number of carbonyl (C=O) groups excluding carboxylic acids is 1. The lowest BCUT2D eigenvalue weighted by Gasteiger charge is -2.35. The summed E-state index contributed by atoms with van der Waals surface area (Å²) in [7, 11) is -0.607. The average Bonchev–Trinajstić information content (AvgIpc) is 3.04. The molecule has 4 aromatic rings. The molecule has 0 radical (unpaired) electrons. The van der Waals surface area contributed by atoms with E-state index in [9.17, 15) is 13.2 Å². The Morgan fingerprint density at radius 2 is 1.78 bits per heavy atom. The first-order valence-corrected chi connectivity index (χ1v) is 17.7. The number of benzene rings is 2. The zero-order valence-corrected chi connectivity index (χ0v) is 30.2. The highest BCUT2D eigenvalue weighted by Crippen LogP contribution is 2.31. The molecule has 2 aromatic carbocycles. The highest BCUT2D eigenvalue weighted by atomic mass is 32.2. The Bertz CT molecular complexity index is 1910. The molecule has 1 N–H and O–H groups in total. The van der Waals surface area contributed by atoms with E-state index < -0.39 is 16.1 Å². The van der Waals surface area contributed by atoms with Crippen LogP contribution in [0.2, 0.25) is 0 Å². The van der Waals surface area contributed by atoms with Crippen LogP contribution in [-0.4, -0.2) is 78.6 Å². The molecule has 1 aliphatic heterocycles. The van der Waals surface area contributed by atoms with Gasteiger partial charge in [0.25, 0.3) is 15.9 Å². The second-order valence-corrected chi connectivity index (χ2v) is 15.4. The van der Waals surface area contributed by atoms with E-state index in [-0.39, 0.29) is 52.8 Å². The van der Waals surface area contributed by atoms with Crippen molar-refractivity contribution in [1.82, 2.24) is 24.8 Å². The van der Waals surface area contributed by atoms with Crippen LogP contribution in [0.4, 0.5) is 11.8 Å². The Kier molecular flexibility index (Phi) is 10.5. The molecular formula is C36H45N7O5S. The normalized spacial score (nSPS) is 16.8. The van der Waals surface area contributed by atoms with E-state index >= 15 is 0 Å². The first-order chi connectivity index (χ1) is 23.1. The van der Waals surface area contributed by atoms with Crippen molar-refractivity contribution in [3.8, 4) is 17.1 Å². The number of carbonyl (C=O) groups is 1. The van der Waals surface area contributed by atoms with Gasteiger partial charge in [0.15, 0.2) is 0 Å². The number of aryl methyl sites for hydroxylation is 2. The molecule has 3 heterocycles. The predicted octanol–water partition coefficient (Wildman–Crippen LogP) is 5.66. The van der Waals surface area contributed by atoms with Gasteiger partial charge >= 0.3 is 0 Å². The lowest BCUT2D eigenvalue weighted by molar-refractivity contribution is 0.0505. The second kappa shape index (κ2) is 14.5. The van der Waals surface area contributed by atoms with Crippen LogP contribution < -0.4 is 14.4 Å². The Morgan fingerprint density at radius 3 is 2.47 bits per heavy atom. The van der Waals surface area contributed by atoms with Crippen LogP contribution in [0, 0.1) is 19.3 Å². The summed E-state index contributed by atoms with van der Waals surface area (Å²) in [6, 6.07) is 15.0. The van der Waals surface area contributed by atoms with Gasteiger partial charge in [0.2, 0.25) is 11.8 Å². The van der Waals surface area contributed by atoms with Gasteiger partial charge in [-0.1, -0.05) is 45.0 Å². The Labute approximate surface area is 289 Å². The van der Waals surface area contributed by atoms with E-state index in [0.717, 1.165) is 16.7 Å². The number of sulfonamides is 1. The van der Waals surface area contributed by atoms with Crippen molar-refractivity contribution in [2.24, 2.45) is 5.41 Å². The Hall–Kier alpha value is -4.62. The third-order valence-electron chi connectivity index (χ3n) is 8.46. The standard InChI is InChI=1S/C36H45N7O5S/c1-23-11-9-12-24(2)33(23)29-18-32-40-35(38-29)41-49(45,46)28-14-10-13-26(17-28)34(44)43(27(22-48-32)19-36(4,5)6)20-30-37-16-15-31(39-30)42(7)25(3)21-47-8/h9-18,25,27H,19-22H2,1-8H3,(H,38,40,41)/t25-,27-/m1/s1. The van der Waals surface area contributed by atoms with Crippen LogP contribution in [-0.2, 0) is 21.3 Å². The summed E-state index contributed by atoms with van der Waals surface area (Å²) in [6.45, 7) is 12.9. The Morgan fingerprint density at radius 1 is 1.06 bits per heavy atom. The molecule has 0 saturated carbocycles. The summed E-state index contributed by atoms with van der Waals surface area (Å²) < 4.78 is 41.6. The molecule has 0 unspecified atom stereocenters. The topological polar surface area (TPSA) is 140 Å². The SMILES string of the molecule is COC[C@@H](C)N(C)c1ccnc(CN2C(=O)c3cccc(c3)S(=O)(=O)Nc3nc(cc(-c4c(C)cccc4C)n3)OC[C@H]2CC(C)(C)C)n1. The number of anilines is 2. The van der Waals surface area contributed by atoms with Crippen molar-refractivity contribution in [3.05, 3.63) is 83.3 Å². The van der Waals surface area contributed by atoms with E-state index in [0.29, 0.717) is 30.4 Å². The highest BCUT2D eigenvalue weighted by molar-refractivity contribution is 7.92. The van der Waals surface area contributed by atoms with Crippen LogP contribution >= 0.6 is 0 Å². The van der Waals surface area contributed by atoms with E-state index in [4.69, 9.17) is 14.5 Å². The number of ether oxygens (including phenoxy) is 2. The summed E-state index contributed by atoms with van der Waals surface area (Å²) >= 11 is 0. The van der Waals surface area contributed by atoms with Crippen molar-refractivity contribution in [3.63, 3.8) is 0 Å². The van der Waals surface area contributed by atoms with Crippen molar-refractivity contribution in [1.29, 1.82) is 0 Å². The number of nitrogens with zero attached hydrogens (tertiary/aromatic N) is 6. The van der Waals surface area contributed by atoms with Gasteiger partial charge in [-0.3, -0.25) is 4.79 Å². The first-order valence-electron chi connectivity index (χ1n) is 16.2. The van der Waals surface area contributed by atoms with Crippen LogP contribution in [0.15, 0.2) is 65.7 Å². The fourth-order valence-corrected chi connectivity index (χ4v) is 6.93. The third kappa shape index (κ3) is 8.52. The third-order valence-corrected chi connectivity index (χ3v) is 9.79. The zero-order valence-electron chi connectivity index (χ0n) is 29.4. The summed E-state index contributed by atoms with van der Waals surface area (Å²) in [6.07, 6.45) is 2.23. The van der Waals surface area contributed by atoms with Gasteiger partial charge in [-0.2, -0.15) is 4.98 Å². The minimum atomic E-state index is -4.19. The second-order valence-electron chi connectivity index (χ2n) is 13.7. The van der Waals surface area contributed by atoms with Gasteiger partial charge in [-0.25, -0.2) is 28.1 Å². The van der Waals surface area contributed by atoms with Gasteiger partial charge in [0.1, 0.15) is 18.2 Å². The van der Waals surface area contributed by atoms with Gasteiger partial charge in [0, 0.05) is 37.5 Å². The van der Waals surface area contributed by atoms with Gasteiger partial charge in [-0.15, -0.1) is 0 Å². The minimum absolute atomic E-state index is 0.0476. The van der Waals surface area contributed by atoms with Gasteiger partial charge in [-0.05, 0) is 68.0 Å². The van der Waals surface area contributed by atoms with Crippen LogP contribution in [0.5, 0.6) is 5.88 Å². The molecule has 0 aliphatic carbocycles. The smallest absolute Gasteiger partial charge is 0.264 e. The zero-order chi connectivity index (χ0) is 35.5. The number of hydrogen-bond acceptors (Lipinski definition) is 10. The molecule has 2 aromatic heterocycles. The van der Waals surface area contributed by atoms with Crippen molar-refractivity contribution >= 4 is 27.7 Å². The molecule has 0 spiro atoms. The van der Waals surface area contributed by atoms with Gasteiger partial charge < -0.3 is 19.3 Å². The molecule has 12 nitrogen and oxygen atoms in total.